The van der Waals surface area contributed by atoms with E-state index < -0.39 is 0 Å². The number of nitrogens with zero attached hydrogens (tertiary/aromatic N) is 5. The highest BCUT2D eigenvalue weighted by Crippen LogP contribution is 2.39. The van der Waals surface area contributed by atoms with Crippen LogP contribution in [-0.4, -0.2) is 36.3 Å². The summed E-state index contributed by atoms with van der Waals surface area (Å²) in [6.45, 7) is 5.45. The summed E-state index contributed by atoms with van der Waals surface area (Å²) >= 11 is 4.93. The molecule has 2 aromatic heterocycles. The molecule has 0 aromatic carbocycles. The van der Waals surface area contributed by atoms with Gasteiger partial charge >= 0.3 is 0 Å². The molecule has 0 unspecified atom stereocenters. The molecule has 1 saturated carbocycles. The Balaban J connectivity index is 1.73. The molecule has 1 amide bonds. The molecule has 0 N–H and O–H groups in total. The van der Waals surface area contributed by atoms with Gasteiger partial charge in [0.05, 0.1) is 11.7 Å². The van der Waals surface area contributed by atoms with Crippen molar-refractivity contribution in [3.8, 4) is 10.8 Å². The topological polar surface area (TPSA) is 63.9 Å². The minimum Gasteiger partial charge on any atom is -0.332 e. The van der Waals surface area contributed by atoms with E-state index in [9.17, 15) is 4.79 Å². The van der Waals surface area contributed by atoms with Crippen LogP contribution in [-0.2, 0) is 11.3 Å². The van der Waals surface area contributed by atoms with Crippen LogP contribution in [0.4, 0.5) is 0 Å². The minimum atomic E-state index is 0.0338. The first-order valence-corrected chi connectivity index (χ1v) is 9.00. The molecule has 116 valence electrons. The molecule has 1 fully saturated rings. The summed E-state index contributed by atoms with van der Waals surface area (Å²) in [5.74, 6) is 2.15. The predicted octanol–water partition coefficient (Wildman–Crippen LogP) is 2.79. The molecule has 1 aliphatic carbocycles. The maximum Gasteiger partial charge on any atom is 0.226 e. The highest BCUT2D eigenvalue weighted by molar-refractivity contribution is 9.10. The molecule has 22 heavy (non-hydrogen) atoms. The van der Waals surface area contributed by atoms with Crippen molar-refractivity contribution >= 4 is 33.4 Å². The van der Waals surface area contributed by atoms with Crippen molar-refractivity contribution in [3.63, 3.8) is 0 Å². The number of hydrogen-bond donors (Lipinski definition) is 0. The number of amides is 1. The molecule has 1 atom stereocenters. The quantitative estimate of drug-likeness (QED) is 0.801. The zero-order chi connectivity index (χ0) is 15.4. The van der Waals surface area contributed by atoms with Gasteiger partial charge in [0, 0.05) is 19.0 Å². The molecule has 0 spiro atoms. The predicted molar refractivity (Wildman–Crippen MR) is 86.4 cm³/mol. The third-order valence-corrected chi connectivity index (χ3v) is 5.70. The molecule has 2 aromatic rings. The zero-order valence-electron chi connectivity index (χ0n) is 12.4. The Bertz CT molecular complexity index is 750. The smallest absolute Gasteiger partial charge is 0.226 e. The zero-order valence-corrected chi connectivity index (χ0v) is 14.8. The van der Waals surface area contributed by atoms with Gasteiger partial charge in [-0.25, -0.2) is 9.97 Å². The third kappa shape index (κ3) is 2.20. The number of halogens is 1. The maximum absolute atomic E-state index is 12.4. The number of imidazole rings is 1. The Morgan fingerprint density at radius 3 is 2.73 bits per heavy atom. The lowest BCUT2D eigenvalue weighted by Gasteiger charge is -2.35. The average Bonchev–Trinajstić information content (AvgIpc) is 3.17. The number of rotatable bonds is 2. The molecule has 0 radical (unpaired) electrons. The normalized spacial score (nSPS) is 21.0. The second kappa shape index (κ2) is 5.13. The van der Waals surface area contributed by atoms with E-state index in [1.54, 1.807) is 0 Å². The fourth-order valence-corrected chi connectivity index (χ4v) is 4.41. The summed E-state index contributed by atoms with van der Waals surface area (Å²) in [4.78, 5) is 23.5. The Kier molecular flexibility index (Phi) is 3.34. The van der Waals surface area contributed by atoms with Crippen LogP contribution in [0.3, 0.4) is 0 Å². The lowest BCUT2D eigenvalue weighted by Crippen LogP contribution is -2.41. The van der Waals surface area contributed by atoms with E-state index in [2.05, 4.69) is 41.8 Å². The largest absolute Gasteiger partial charge is 0.332 e. The molecule has 2 aliphatic rings. The van der Waals surface area contributed by atoms with Crippen LogP contribution in [0.15, 0.2) is 4.60 Å². The van der Waals surface area contributed by atoms with E-state index in [0.717, 1.165) is 52.9 Å². The SMILES string of the molecule is Cc1nsc(-c2nc(Br)c3n2CCN(C(=O)C2CC2)[C@@H]3C)n1. The first-order chi connectivity index (χ1) is 10.6. The molecular weight excluding hydrogens is 366 g/mol. The fourth-order valence-electron chi connectivity index (χ4n) is 3.03. The van der Waals surface area contributed by atoms with Crippen LogP contribution in [0.1, 0.15) is 37.3 Å². The minimum absolute atomic E-state index is 0.0338. The molecule has 6 nitrogen and oxygen atoms in total. The second-order valence-corrected chi connectivity index (χ2v) is 7.39. The van der Waals surface area contributed by atoms with Gasteiger partial charge in [-0.2, -0.15) is 4.37 Å². The highest BCUT2D eigenvalue weighted by Gasteiger charge is 2.39. The van der Waals surface area contributed by atoms with Crippen LogP contribution in [0.5, 0.6) is 0 Å². The fraction of sp³-hybridized carbons (Fsp3) is 0.571. The van der Waals surface area contributed by atoms with Crippen molar-refractivity contribution in [3.05, 3.63) is 16.1 Å². The summed E-state index contributed by atoms with van der Waals surface area (Å²) < 4.78 is 7.22. The number of aromatic nitrogens is 4. The van der Waals surface area contributed by atoms with Gasteiger partial charge in [0.1, 0.15) is 10.4 Å². The lowest BCUT2D eigenvalue weighted by atomic mass is 10.1. The van der Waals surface area contributed by atoms with Gasteiger partial charge < -0.3 is 9.47 Å². The van der Waals surface area contributed by atoms with Crippen molar-refractivity contribution in [2.75, 3.05) is 6.54 Å². The van der Waals surface area contributed by atoms with E-state index in [0.29, 0.717) is 5.91 Å². The number of fused-ring (bicyclic) bond motifs is 1. The first-order valence-electron chi connectivity index (χ1n) is 7.43. The first kappa shape index (κ1) is 14.3. The van der Waals surface area contributed by atoms with Crippen molar-refractivity contribution in [2.45, 2.75) is 39.3 Å². The van der Waals surface area contributed by atoms with Crippen LogP contribution < -0.4 is 0 Å². The van der Waals surface area contributed by atoms with E-state index in [1.165, 1.54) is 11.5 Å². The third-order valence-electron chi connectivity index (χ3n) is 4.32. The molecule has 8 heteroatoms. The lowest BCUT2D eigenvalue weighted by molar-refractivity contribution is -0.135. The second-order valence-electron chi connectivity index (χ2n) is 5.89. The Hall–Kier alpha value is -1.28. The molecular formula is C14H16BrN5OS. The van der Waals surface area contributed by atoms with E-state index in [4.69, 9.17) is 0 Å². The summed E-state index contributed by atoms with van der Waals surface area (Å²) in [6.07, 6.45) is 2.08. The molecule has 3 heterocycles. The van der Waals surface area contributed by atoms with Gasteiger partial charge in [-0.05, 0) is 54.2 Å². The van der Waals surface area contributed by atoms with Crippen molar-refractivity contribution < 1.29 is 4.79 Å². The monoisotopic (exact) mass is 381 g/mol. The van der Waals surface area contributed by atoms with Gasteiger partial charge in [-0.1, -0.05) is 0 Å². The summed E-state index contributed by atoms with van der Waals surface area (Å²) in [5.41, 5.74) is 1.06. The van der Waals surface area contributed by atoms with Crippen molar-refractivity contribution in [1.29, 1.82) is 0 Å². The van der Waals surface area contributed by atoms with Gasteiger partial charge in [-0.3, -0.25) is 4.79 Å². The molecule has 1 aliphatic heterocycles. The van der Waals surface area contributed by atoms with Gasteiger partial charge in [0.25, 0.3) is 0 Å². The Labute approximate surface area is 140 Å². The summed E-state index contributed by atoms with van der Waals surface area (Å²) in [5, 5.41) is 0.832. The van der Waals surface area contributed by atoms with Crippen molar-refractivity contribution in [1.82, 2.24) is 23.8 Å². The molecule has 0 bridgehead atoms. The number of carbonyl (C=O) groups excluding carboxylic acids is 1. The average molecular weight is 382 g/mol. The number of aryl methyl sites for hydroxylation is 1. The number of carbonyl (C=O) groups is 1. The Morgan fingerprint density at radius 2 is 2.09 bits per heavy atom. The van der Waals surface area contributed by atoms with E-state index in [1.807, 2.05) is 11.8 Å². The van der Waals surface area contributed by atoms with Crippen LogP contribution in [0.25, 0.3) is 10.8 Å². The molecule has 4 rings (SSSR count). The van der Waals surface area contributed by atoms with Gasteiger partial charge in [-0.15, -0.1) is 0 Å². The van der Waals surface area contributed by atoms with Crippen LogP contribution >= 0.6 is 27.5 Å². The van der Waals surface area contributed by atoms with Gasteiger partial charge in [0.15, 0.2) is 10.8 Å². The van der Waals surface area contributed by atoms with Crippen LogP contribution in [0.2, 0.25) is 0 Å². The summed E-state index contributed by atoms with van der Waals surface area (Å²) in [7, 11) is 0. The van der Waals surface area contributed by atoms with Gasteiger partial charge in [0.2, 0.25) is 5.91 Å². The van der Waals surface area contributed by atoms with Crippen molar-refractivity contribution in [2.24, 2.45) is 5.92 Å². The molecule has 0 saturated heterocycles. The standard InChI is InChI=1S/C14H16BrN5OS/c1-7-10-11(15)17-12(13-16-8(2)18-22-13)20(10)6-5-19(7)14(21)9-3-4-9/h7,9H,3-6H2,1-2H3/t7-/m1/s1. The maximum atomic E-state index is 12.4. The van der Waals surface area contributed by atoms with E-state index >= 15 is 0 Å². The Morgan fingerprint density at radius 1 is 1.32 bits per heavy atom. The number of hydrogen-bond acceptors (Lipinski definition) is 5. The summed E-state index contributed by atoms with van der Waals surface area (Å²) in [6, 6.07) is 0.0338. The van der Waals surface area contributed by atoms with E-state index in [-0.39, 0.29) is 12.0 Å². The van der Waals surface area contributed by atoms with Crippen LogP contribution in [0, 0.1) is 12.8 Å². The highest BCUT2D eigenvalue weighted by atomic mass is 79.9.